The molecule has 0 spiro atoms. The fourth-order valence-electron chi connectivity index (χ4n) is 1.88. The lowest BCUT2D eigenvalue weighted by molar-refractivity contribution is -0.126. The van der Waals surface area contributed by atoms with E-state index in [0.717, 1.165) is 32.3 Å². The van der Waals surface area contributed by atoms with E-state index in [4.69, 9.17) is 4.74 Å². The molecule has 0 bridgehead atoms. The van der Waals surface area contributed by atoms with Gasteiger partial charge in [-0.15, -0.1) is 0 Å². The quantitative estimate of drug-likeness (QED) is 0.679. The van der Waals surface area contributed by atoms with Crippen LogP contribution in [0.3, 0.4) is 0 Å². The lowest BCUT2D eigenvalue weighted by Gasteiger charge is -2.20. The molecule has 1 atom stereocenters. The SMILES string of the molecule is CC(C)CCCC(=O)C1CCCOC1. The minimum atomic E-state index is 0.205. The van der Waals surface area contributed by atoms with Gasteiger partial charge < -0.3 is 4.74 Å². The van der Waals surface area contributed by atoms with Crippen molar-refractivity contribution in [3.05, 3.63) is 0 Å². The highest BCUT2D eigenvalue weighted by Crippen LogP contribution is 2.18. The molecule has 0 saturated carbocycles. The third-order valence-electron chi connectivity index (χ3n) is 2.82. The highest BCUT2D eigenvalue weighted by atomic mass is 16.5. The predicted molar refractivity (Wildman–Crippen MR) is 57.2 cm³/mol. The summed E-state index contributed by atoms with van der Waals surface area (Å²) >= 11 is 0. The maximum Gasteiger partial charge on any atom is 0.138 e. The van der Waals surface area contributed by atoms with Crippen molar-refractivity contribution in [2.24, 2.45) is 11.8 Å². The smallest absolute Gasteiger partial charge is 0.138 e. The van der Waals surface area contributed by atoms with Crippen LogP contribution in [0.2, 0.25) is 0 Å². The fraction of sp³-hybridized carbons (Fsp3) is 0.917. The second-order valence-electron chi connectivity index (χ2n) is 4.67. The maximum atomic E-state index is 11.7. The van der Waals surface area contributed by atoms with Gasteiger partial charge in [0, 0.05) is 18.9 Å². The van der Waals surface area contributed by atoms with Crippen molar-refractivity contribution in [1.82, 2.24) is 0 Å². The highest BCUT2D eigenvalue weighted by molar-refractivity contribution is 5.81. The number of carbonyl (C=O) groups is 1. The zero-order chi connectivity index (χ0) is 10.4. The average molecular weight is 198 g/mol. The van der Waals surface area contributed by atoms with Gasteiger partial charge in [0.25, 0.3) is 0 Å². The van der Waals surface area contributed by atoms with Crippen molar-refractivity contribution >= 4 is 5.78 Å². The van der Waals surface area contributed by atoms with Crippen LogP contribution in [-0.2, 0) is 9.53 Å². The third kappa shape index (κ3) is 4.23. The van der Waals surface area contributed by atoms with Crippen molar-refractivity contribution < 1.29 is 9.53 Å². The van der Waals surface area contributed by atoms with Crippen LogP contribution in [0, 0.1) is 11.8 Å². The molecule has 0 aromatic carbocycles. The largest absolute Gasteiger partial charge is 0.381 e. The Bertz CT molecular complexity index is 169. The van der Waals surface area contributed by atoms with Crippen LogP contribution in [0.15, 0.2) is 0 Å². The number of carbonyl (C=O) groups excluding carboxylic acids is 1. The average Bonchev–Trinajstić information content (AvgIpc) is 2.18. The molecule has 0 aromatic rings. The molecule has 1 unspecified atom stereocenters. The predicted octanol–water partition coefficient (Wildman–Crippen LogP) is 2.81. The Morgan fingerprint density at radius 1 is 1.50 bits per heavy atom. The van der Waals surface area contributed by atoms with Gasteiger partial charge in [0.05, 0.1) is 6.61 Å². The van der Waals surface area contributed by atoms with Gasteiger partial charge in [0.15, 0.2) is 0 Å². The molecule has 1 rings (SSSR count). The van der Waals surface area contributed by atoms with E-state index in [0.29, 0.717) is 18.3 Å². The molecular weight excluding hydrogens is 176 g/mol. The van der Waals surface area contributed by atoms with Crippen molar-refractivity contribution in [1.29, 1.82) is 0 Å². The summed E-state index contributed by atoms with van der Waals surface area (Å²) in [7, 11) is 0. The van der Waals surface area contributed by atoms with Crippen molar-refractivity contribution in [3.63, 3.8) is 0 Å². The van der Waals surface area contributed by atoms with Gasteiger partial charge in [0.2, 0.25) is 0 Å². The van der Waals surface area contributed by atoms with Crippen LogP contribution < -0.4 is 0 Å². The summed E-state index contributed by atoms with van der Waals surface area (Å²) in [6.45, 7) is 5.92. The second kappa shape index (κ2) is 6.18. The second-order valence-corrected chi connectivity index (χ2v) is 4.67. The molecule has 2 heteroatoms. The Morgan fingerprint density at radius 3 is 2.86 bits per heavy atom. The van der Waals surface area contributed by atoms with Gasteiger partial charge in [-0.2, -0.15) is 0 Å². The molecule has 1 heterocycles. The molecule has 1 saturated heterocycles. The summed E-state index contributed by atoms with van der Waals surface area (Å²) in [6, 6.07) is 0. The molecule has 0 radical (unpaired) electrons. The zero-order valence-electron chi connectivity index (χ0n) is 9.42. The van der Waals surface area contributed by atoms with Crippen molar-refractivity contribution in [2.45, 2.75) is 46.0 Å². The first-order valence-electron chi connectivity index (χ1n) is 5.80. The van der Waals surface area contributed by atoms with E-state index in [1.165, 1.54) is 6.42 Å². The van der Waals surface area contributed by atoms with Crippen LogP contribution in [-0.4, -0.2) is 19.0 Å². The van der Waals surface area contributed by atoms with E-state index in [9.17, 15) is 4.79 Å². The van der Waals surface area contributed by atoms with E-state index in [1.807, 2.05) is 0 Å². The van der Waals surface area contributed by atoms with E-state index in [1.54, 1.807) is 0 Å². The van der Waals surface area contributed by atoms with Gasteiger partial charge in [-0.3, -0.25) is 4.79 Å². The van der Waals surface area contributed by atoms with Gasteiger partial charge >= 0.3 is 0 Å². The third-order valence-corrected chi connectivity index (χ3v) is 2.82. The number of hydrogen-bond donors (Lipinski definition) is 0. The standard InChI is InChI=1S/C12H22O2/c1-10(2)5-3-7-12(13)11-6-4-8-14-9-11/h10-11H,3-9H2,1-2H3. The summed E-state index contributed by atoms with van der Waals surface area (Å²) in [5.74, 6) is 1.34. The molecule has 1 aliphatic heterocycles. The van der Waals surface area contributed by atoms with Crippen LogP contribution in [0.5, 0.6) is 0 Å². The first-order chi connectivity index (χ1) is 6.70. The van der Waals surface area contributed by atoms with Crippen LogP contribution in [0.4, 0.5) is 0 Å². The Balaban J connectivity index is 2.13. The molecule has 82 valence electrons. The monoisotopic (exact) mass is 198 g/mol. The summed E-state index contributed by atoms with van der Waals surface area (Å²) in [4.78, 5) is 11.7. The Hall–Kier alpha value is -0.370. The van der Waals surface area contributed by atoms with E-state index < -0.39 is 0 Å². The number of Topliss-reactive ketones (excluding diaryl/α,β-unsaturated/α-hetero) is 1. The number of rotatable bonds is 5. The molecular formula is C12H22O2. The summed E-state index contributed by atoms with van der Waals surface area (Å²) in [6.07, 6.45) is 5.07. The maximum absolute atomic E-state index is 11.7. The topological polar surface area (TPSA) is 26.3 Å². The molecule has 14 heavy (non-hydrogen) atoms. The summed E-state index contributed by atoms with van der Waals surface area (Å²) in [5, 5.41) is 0. The molecule has 1 aliphatic rings. The molecule has 0 aliphatic carbocycles. The van der Waals surface area contributed by atoms with E-state index >= 15 is 0 Å². The van der Waals surface area contributed by atoms with Crippen molar-refractivity contribution in [2.75, 3.05) is 13.2 Å². The minimum absolute atomic E-state index is 0.205. The van der Waals surface area contributed by atoms with Gasteiger partial charge in [0.1, 0.15) is 5.78 Å². The van der Waals surface area contributed by atoms with E-state index in [-0.39, 0.29) is 5.92 Å². The molecule has 0 N–H and O–H groups in total. The number of hydrogen-bond acceptors (Lipinski definition) is 2. The first kappa shape index (κ1) is 11.7. The fourth-order valence-corrected chi connectivity index (χ4v) is 1.88. The normalized spacial score (nSPS) is 22.6. The lowest BCUT2D eigenvalue weighted by Crippen LogP contribution is -2.25. The van der Waals surface area contributed by atoms with Crippen molar-refractivity contribution in [3.8, 4) is 0 Å². The molecule has 1 fully saturated rings. The highest BCUT2D eigenvalue weighted by Gasteiger charge is 2.20. The molecule has 0 amide bonds. The Kier molecular flexibility index (Phi) is 5.16. The number of ether oxygens (including phenoxy) is 1. The van der Waals surface area contributed by atoms with Crippen LogP contribution >= 0.6 is 0 Å². The first-order valence-corrected chi connectivity index (χ1v) is 5.80. The Labute approximate surface area is 87.0 Å². The van der Waals surface area contributed by atoms with Gasteiger partial charge in [-0.05, 0) is 25.2 Å². The van der Waals surface area contributed by atoms with Gasteiger partial charge in [-0.25, -0.2) is 0 Å². The molecule has 2 nitrogen and oxygen atoms in total. The number of ketones is 1. The summed E-state index contributed by atoms with van der Waals surface area (Å²) in [5.41, 5.74) is 0. The Morgan fingerprint density at radius 2 is 2.29 bits per heavy atom. The van der Waals surface area contributed by atoms with Gasteiger partial charge in [-0.1, -0.05) is 20.3 Å². The minimum Gasteiger partial charge on any atom is -0.381 e. The zero-order valence-corrected chi connectivity index (χ0v) is 9.42. The van der Waals surface area contributed by atoms with Crippen LogP contribution in [0.25, 0.3) is 0 Å². The molecule has 0 aromatic heterocycles. The van der Waals surface area contributed by atoms with Crippen LogP contribution in [0.1, 0.15) is 46.0 Å². The lowest BCUT2D eigenvalue weighted by atomic mass is 9.93. The summed E-state index contributed by atoms with van der Waals surface area (Å²) < 4.78 is 5.31. The van der Waals surface area contributed by atoms with E-state index in [2.05, 4.69) is 13.8 Å².